The quantitative estimate of drug-likeness (QED) is 0.600. The Morgan fingerprint density at radius 3 is 2.55 bits per heavy atom. The van der Waals surface area contributed by atoms with Crippen molar-refractivity contribution in [3.05, 3.63) is 66.0 Å². The first kappa shape index (κ1) is 12.8. The summed E-state index contributed by atoms with van der Waals surface area (Å²) in [6.45, 7) is 3.97. The second kappa shape index (κ2) is 4.84. The Kier molecular flexibility index (Phi) is 2.82. The number of benzene rings is 2. The van der Waals surface area contributed by atoms with E-state index in [2.05, 4.69) is 57.9 Å². The van der Waals surface area contributed by atoms with Gasteiger partial charge in [-0.25, -0.2) is 4.98 Å². The van der Waals surface area contributed by atoms with Crippen molar-refractivity contribution >= 4 is 27.9 Å². The minimum atomic E-state index is 0.862. The van der Waals surface area contributed by atoms with Gasteiger partial charge in [-0.3, -0.25) is 0 Å². The Labute approximate surface area is 128 Å². The molecule has 0 bridgehead atoms. The molecule has 0 atom stereocenters. The van der Waals surface area contributed by atoms with E-state index in [0.717, 1.165) is 28.5 Å². The summed E-state index contributed by atoms with van der Waals surface area (Å²) in [7, 11) is 0. The fraction of sp³-hybridized carbons (Fsp3) is 0.111. The predicted octanol–water partition coefficient (Wildman–Crippen LogP) is 4.24. The summed E-state index contributed by atoms with van der Waals surface area (Å²) in [5.74, 6) is 0.922. The van der Waals surface area contributed by atoms with Crippen molar-refractivity contribution in [2.45, 2.75) is 13.8 Å². The van der Waals surface area contributed by atoms with E-state index in [-0.39, 0.29) is 0 Å². The highest BCUT2D eigenvalue weighted by atomic mass is 15.3. The van der Waals surface area contributed by atoms with Gasteiger partial charge < -0.3 is 5.32 Å². The molecule has 0 aliphatic heterocycles. The zero-order valence-corrected chi connectivity index (χ0v) is 12.5. The van der Waals surface area contributed by atoms with Gasteiger partial charge in [0.05, 0.1) is 5.69 Å². The average Bonchev–Trinajstić information content (AvgIpc) is 2.87. The number of hydrogen-bond donors (Lipinski definition) is 1. The van der Waals surface area contributed by atoms with E-state index in [9.17, 15) is 0 Å². The fourth-order valence-corrected chi connectivity index (χ4v) is 2.72. The van der Waals surface area contributed by atoms with Crippen LogP contribution >= 0.6 is 0 Å². The van der Waals surface area contributed by atoms with Gasteiger partial charge in [-0.1, -0.05) is 30.3 Å². The predicted molar refractivity (Wildman–Crippen MR) is 89.7 cm³/mol. The third-order valence-electron chi connectivity index (χ3n) is 3.70. The molecule has 1 N–H and O–H groups in total. The monoisotopic (exact) mass is 288 g/mol. The van der Waals surface area contributed by atoms with Gasteiger partial charge in [0.25, 0.3) is 0 Å². The van der Waals surface area contributed by atoms with Crippen LogP contribution in [0.5, 0.6) is 0 Å². The maximum absolute atomic E-state index is 4.51. The van der Waals surface area contributed by atoms with E-state index in [1.807, 2.05) is 30.5 Å². The van der Waals surface area contributed by atoms with E-state index >= 15 is 0 Å². The lowest BCUT2D eigenvalue weighted by atomic mass is 10.1. The van der Waals surface area contributed by atoms with Crippen LogP contribution in [0.4, 0.5) is 11.5 Å². The average molecular weight is 288 g/mol. The van der Waals surface area contributed by atoms with Crippen LogP contribution in [0, 0.1) is 13.8 Å². The zero-order valence-electron chi connectivity index (χ0n) is 12.5. The van der Waals surface area contributed by atoms with Gasteiger partial charge in [0, 0.05) is 23.5 Å². The van der Waals surface area contributed by atoms with Crippen molar-refractivity contribution in [1.29, 1.82) is 0 Å². The third-order valence-corrected chi connectivity index (χ3v) is 3.70. The summed E-state index contributed by atoms with van der Waals surface area (Å²) in [6.07, 6.45) is 0. The third kappa shape index (κ3) is 2.19. The van der Waals surface area contributed by atoms with E-state index in [1.165, 1.54) is 10.8 Å². The van der Waals surface area contributed by atoms with Crippen molar-refractivity contribution < 1.29 is 0 Å². The zero-order chi connectivity index (χ0) is 15.1. The van der Waals surface area contributed by atoms with Crippen molar-refractivity contribution in [3.63, 3.8) is 0 Å². The molecular weight excluding hydrogens is 272 g/mol. The van der Waals surface area contributed by atoms with Gasteiger partial charge >= 0.3 is 0 Å². The molecule has 4 aromatic rings. The maximum Gasteiger partial charge on any atom is 0.157 e. The maximum atomic E-state index is 4.51. The molecule has 0 unspecified atom stereocenters. The molecule has 2 aromatic heterocycles. The molecule has 0 saturated carbocycles. The van der Waals surface area contributed by atoms with E-state index in [4.69, 9.17) is 0 Å². The molecule has 0 aliphatic carbocycles. The molecular formula is C18H16N4. The minimum absolute atomic E-state index is 0.862. The van der Waals surface area contributed by atoms with Crippen LogP contribution in [0.3, 0.4) is 0 Å². The fourth-order valence-electron chi connectivity index (χ4n) is 2.72. The lowest BCUT2D eigenvalue weighted by Crippen LogP contribution is -2.02. The normalized spacial score (nSPS) is 11.2. The van der Waals surface area contributed by atoms with E-state index in [0.29, 0.717) is 0 Å². The lowest BCUT2D eigenvalue weighted by Gasteiger charge is -2.10. The molecule has 0 radical (unpaired) electrons. The Morgan fingerprint density at radius 2 is 1.68 bits per heavy atom. The van der Waals surface area contributed by atoms with Crippen LogP contribution in [-0.2, 0) is 0 Å². The number of aromatic nitrogens is 3. The minimum Gasteiger partial charge on any atom is -0.340 e. The molecule has 0 amide bonds. The van der Waals surface area contributed by atoms with Crippen LogP contribution in [-0.4, -0.2) is 14.6 Å². The first-order valence-corrected chi connectivity index (χ1v) is 7.29. The molecule has 4 rings (SSSR count). The van der Waals surface area contributed by atoms with Crippen LogP contribution in [0.1, 0.15) is 11.4 Å². The number of rotatable bonds is 2. The topological polar surface area (TPSA) is 42.2 Å². The number of fused-ring (bicyclic) bond motifs is 2. The number of nitrogens with one attached hydrogen (secondary N) is 1. The molecule has 0 saturated heterocycles. The highest BCUT2D eigenvalue weighted by Gasteiger charge is 2.07. The lowest BCUT2D eigenvalue weighted by molar-refractivity contribution is 0.917. The van der Waals surface area contributed by atoms with Crippen molar-refractivity contribution in [2.24, 2.45) is 0 Å². The number of aryl methyl sites for hydroxylation is 2. The summed E-state index contributed by atoms with van der Waals surface area (Å²) in [4.78, 5) is 4.51. The first-order valence-electron chi connectivity index (χ1n) is 7.29. The van der Waals surface area contributed by atoms with E-state index < -0.39 is 0 Å². The SMILES string of the molecule is Cc1cc(Nc2ccc3ccccc3c2)n2nc(C)cc2n1. The van der Waals surface area contributed by atoms with Crippen molar-refractivity contribution in [1.82, 2.24) is 14.6 Å². The molecule has 0 aliphatic rings. The molecule has 0 fully saturated rings. The second-order valence-corrected chi connectivity index (χ2v) is 5.53. The van der Waals surface area contributed by atoms with Gasteiger partial charge in [-0.2, -0.15) is 9.61 Å². The summed E-state index contributed by atoms with van der Waals surface area (Å²) in [6, 6.07) is 18.7. The molecule has 4 heteroatoms. The van der Waals surface area contributed by atoms with Gasteiger partial charge in [-0.15, -0.1) is 0 Å². The van der Waals surface area contributed by atoms with Crippen LogP contribution in [0.2, 0.25) is 0 Å². The Hall–Kier alpha value is -2.88. The molecule has 0 spiro atoms. The summed E-state index contributed by atoms with van der Waals surface area (Å²) in [5, 5.41) is 10.4. The van der Waals surface area contributed by atoms with Crippen molar-refractivity contribution in [3.8, 4) is 0 Å². The molecule has 2 heterocycles. The smallest absolute Gasteiger partial charge is 0.157 e. The standard InChI is InChI=1S/C18H16N4/c1-12-9-18(22-17(19-12)10-13(2)21-22)20-16-8-7-14-5-3-4-6-15(14)11-16/h3-11,20H,1-2H3. The molecule has 4 nitrogen and oxygen atoms in total. The summed E-state index contributed by atoms with van der Waals surface area (Å²) >= 11 is 0. The number of hydrogen-bond acceptors (Lipinski definition) is 3. The first-order chi connectivity index (χ1) is 10.7. The summed E-state index contributed by atoms with van der Waals surface area (Å²) in [5.41, 5.74) is 3.83. The van der Waals surface area contributed by atoms with Gasteiger partial charge in [0.15, 0.2) is 5.65 Å². The molecule has 2 aromatic carbocycles. The van der Waals surface area contributed by atoms with Crippen LogP contribution in [0.15, 0.2) is 54.6 Å². The Balaban J connectivity index is 1.81. The Bertz CT molecular complexity index is 985. The highest BCUT2D eigenvalue weighted by molar-refractivity contribution is 5.86. The highest BCUT2D eigenvalue weighted by Crippen LogP contribution is 2.23. The van der Waals surface area contributed by atoms with Gasteiger partial charge in [-0.05, 0) is 36.8 Å². The molecule has 108 valence electrons. The number of anilines is 2. The van der Waals surface area contributed by atoms with E-state index in [1.54, 1.807) is 0 Å². The summed E-state index contributed by atoms with van der Waals surface area (Å²) < 4.78 is 1.84. The molecule has 22 heavy (non-hydrogen) atoms. The number of nitrogens with zero attached hydrogens (tertiary/aromatic N) is 3. The van der Waals surface area contributed by atoms with Crippen LogP contribution in [0.25, 0.3) is 16.4 Å². The largest absolute Gasteiger partial charge is 0.340 e. The Morgan fingerprint density at radius 1 is 0.864 bits per heavy atom. The van der Waals surface area contributed by atoms with Gasteiger partial charge in [0.2, 0.25) is 0 Å². The van der Waals surface area contributed by atoms with Crippen LogP contribution < -0.4 is 5.32 Å². The van der Waals surface area contributed by atoms with Gasteiger partial charge in [0.1, 0.15) is 5.82 Å². The second-order valence-electron chi connectivity index (χ2n) is 5.53. The van der Waals surface area contributed by atoms with Crippen molar-refractivity contribution in [2.75, 3.05) is 5.32 Å².